The fourth-order valence-electron chi connectivity index (χ4n) is 2.03. The minimum atomic E-state index is -5.20. The Balaban J connectivity index is 0. The molecular weight excluding hydrogens is 522 g/mol. The minimum absolute atomic E-state index is 0. The van der Waals surface area contributed by atoms with Gasteiger partial charge in [0.15, 0.2) is 0 Å². The Hall–Kier alpha value is 1.03. The van der Waals surface area contributed by atoms with Crippen molar-refractivity contribution in [2.75, 3.05) is 0 Å². The predicted octanol–water partition coefficient (Wildman–Crippen LogP) is -8.61. The Labute approximate surface area is 249 Å². The van der Waals surface area contributed by atoms with Crippen LogP contribution >= 0.6 is 23.5 Å². The minimum Gasteiger partial charge on any atom is -0.746 e. The second-order valence-electron chi connectivity index (χ2n) is 5.32. The maximum Gasteiger partial charge on any atom is 1.00 e. The summed E-state index contributed by atoms with van der Waals surface area (Å²) >= 11 is 0. The topological polar surface area (TPSA) is 209 Å². The van der Waals surface area contributed by atoms with E-state index in [4.69, 9.17) is 14.7 Å². The average molecular weight is 534 g/mol. The molecule has 2 aromatic carbocycles. The number of hydrogen-bond acceptors (Lipinski definition) is 9. The van der Waals surface area contributed by atoms with E-state index >= 15 is 0 Å². The molecule has 2 aromatic rings. The molecule has 0 bridgehead atoms. The average Bonchev–Trinajstić information content (AvgIpc) is 2.49. The molecule has 0 spiro atoms. The maximum absolute atomic E-state index is 10.9. The number of hydrogen-bond donors (Lipinski definition) is 3. The van der Waals surface area contributed by atoms with Gasteiger partial charge in [-0.05, 0) is 35.4 Å². The molecule has 0 fully saturated rings. The van der Waals surface area contributed by atoms with Gasteiger partial charge in [0.2, 0.25) is 0 Å². The molecule has 158 valence electrons. The number of benzene rings is 2. The summed E-state index contributed by atoms with van der Waals surface area (Å²) in [6.07, 6.45) is 2.81. The van der Waals surface area contributed by atoms with Crippen LogP contribution in [0.1, 0.15) is 11.1 Å². The molecule has 0 aliphatic heterocycles. The van der Waals surface area contributed by atoms with Gasteiger partial charge in [-0.1, -0.05) is 24.3 Å². The van der Waals surface area contributed by atoms with Crippen LogP contribution in [-0.4, -0.2) is 14.7 Å². The molecule has 0 saturated heterocycles. The summed E-state index contributed by atoms with van der Waals surface area (Å²) in [4.78, 5) is 58.6. The quantitative estimate of drug-likeness (QED) is 0.164. The summed E-state index contributed by atoms with van der Waals surface area (Å²) in [5.41, 5.74) is 0.650. The van der Waals surface area contributed by atoms with Crippen LogP contribution in [0, 0.1) is 0 Å². The van der Waals surface area contributed by atoms with E-state index in [2.05, 4.69) is 13.6 Å². The molecule has 0 amide bonds. The SMILES string of the molecule is O=P([O-])(O)Oc1ccc(/C=C/c2cc(OP(=O)([O-])O)cc(OP(=O)([O-])O)c2)cc1.[Na+].[Na+].[Na+]. The number of phosphoric ester groups is 3. The Bertz CT molecular complexity index is 1000. The van der Waals surface area contributed by atoms with Gasteiger partial charge in [-0.15, -0.1) is 0 Å². The summed E-state index contributed by atoms with van der Waals surface area (Å²) in [7, 11) is -15.3. The first-order valence-corrected chi connectivity index (χ1v) is 11.8. The molecule has 32 heavy (non-hydrogen) atoms. The van der Waals surface area contributed by atoms with Crippen molar-refractivity contribution >= 4 is 35.6 Å². The van der Waals surface area contributed by atoms with Gasteiger partial charge in [0, 0.05) is 6.07 Å². The molecule has 3 unspecified atom stereocenters. The molecule has 0 saturated carbocycles. The van der Waals surface area contributed by atoms with Crippen molar-refractivity contribution in [3.63, 3.8) is 0 Å². The van der Waals surface area contributed by atoms with E-state index in [1.807, 2.05) is 0 Å². The fraction of sp³-hybridized carbons (Fsp3) is 0. The van der Waals surface area contributed by atoms with Crippen LogP contribution < -0.4 is 117 Å². The molecular formula is C14H12Na3O12P3. The van der Waals surface area contributed by atoms with E-state index in [0.717, 1.165) is 18.2 Å². The second kappa shape index (κ2) is 14.6. The smallest absolute Gasteiger partial charge is 0.746 e. The van der Waals surface area contributed by atoms with Gasteiger partial charge in [0.1, 0.15) is 17.2 Å². The van der Waals surface area contributed by atoms with Crippen LogP contribution in [0.5, 0.6) is 17.2 Å². The van der Waals surface area contributed by atoms with Crippen LogP contribution in [0.4, 0.5) is 0 Å². The Morgan fingerprint density at radius 3 is 1.31 bits per heavy atom. The fourth-order valence-corrected chi connectivity index (χ4v) is 3.16. The summed E-state index contributed by atoms with van der Waals surface area (Å²) < 4.78 is 45.3. The first-order chi connectivity index (χ1) is 13.2. The molecule has 0 aliphatic rings. The summed E-state index contributed by atoms with van der Waals surface area (Å²) in [6, 6.07) is 8.36. The van der Waals surface area contributed by atoms with Crippen LogP contribution in [0.3, 0.4) is 0 Å². The van der Waals surface area contributed by atoms with E-state index in [-0.39, 0.29) is 100.0 Å². The second-order valence-corrected chi connectivity index (χ2v) is 8.68. The summed E-state index contributed by atoms with van der Waals surface area (Å²) in [5, 5.41) is 0. The summed E-state index contributed by atoms with van der Waals surface area (Å²) in [6.45, 7) is 0. The van der Waals surface area contributed by atoms with Gasteiger partial charge in [-0.3, -0.25) is 13.7 Å². The first-order valence-electron chi connectivity index (χ1n) is 7.32. The van der Waals surface area contributed by atoms with Crippen molar-refractivity contribution in [1.82, 2.24) is 0 Å². The van der Waals surface area contributed by atoms with Crippen molar-refractivity contribution in [3.05, 3.63) is 53.6 Å². The Morgan fingerprint density at radius 1 is 0.594 bits per heavy atom. The van der Waals surface area contributed by atoms with E-state index in [1.165, 1.54) is 36.4 Å². The van der Waals surface area contributed by atoms with Crippen molar-refractivity contribution < 1.29 is 145 Å². The Kier molecular flexibility index (Phi) is 16.0. The molecule has 2 rings (SSSR count). The number of phosphoric acid groups is 3. The normalized spacial score (nSPS) is 16.1. The zero-order valence-electron chi connectivity index (χ0n) is 17.1. The largest absolute Gasteiger partial charge is 1.00 e. The van der Waals surface area contributed by atoms with E-state index in [9.17, 15) is 28.4 Å². The third kappa shape index (κ3) is 15.1. The van der Waals surface area contributed by atoms with Gasteiger partial charge >= 0.3 is 112 Å². The molecule has 0 radical (unpaired) electrons. The molecule has 18 heteroatoms. The molecule has 12 nitrogen and oxygen atoms in total. The van der Waals surface area contributed by atoms with E-state index < -0.39 is 35.0 Å². The van der Waals surface area contributed by atoms with Gasteiger partial charge in [-0.25, -0.2) is 0 Å². The standard InChI is InChI=1S/C14H15O12P3.3Na/c15-27(16,17)24-12-5-3-10(4-6-12)1-2-11-7-13(25-28(18,19)20)9-14(8-11)26-29(21,22)23;;;/h1-9H,(H2,15,16,17)(H2,18,19,20)(H2,21,22,23);;;/q;3*+1/p-3/b2-1+;;;. The van der Waals surface area contributed by atoms with Crippen molar-refractivity contribution in [2.45, 2.75) is 0 Å². The third-order valence-corrected chi connectivity index (χ3v) is 4.24. The van der Waals surface area contributed by atoms with Crippen molar-refractivity contribution in [1.29, 1.82) is 0 Å². The van der Waals surface area contributed by atoms with E-state index in [1.54, 1.807) is 0 Å². The third-order valence-electron chi connectivity index (χ3n) is 2.91. The van der Waals surface area contributed by atoms with Crippen LogP contribution in [-0.2, 0) is 13.7 Å². The van der Waals surface area contributed by atoms with Crippen LogP contribution in [0.15, 0.2) is 42.5 Å². The predicted molar refractivity (Wildman–Crippen MR) is 93.2 cm³/mol. The summed E-state index contributed by atoms with van der Waals surface area (Å²) in [5.74, 6) is -1.12. The van der Waals surface area contributed by atoms with Gasteiger partial charge in [0.25, 0.3) is 0 Å². The van der Waals surface area contributed by atoms with Gasteiger partial charge in [-0.2, -0.15) is 0 Å². The van der Waals surface area contributed by atoms with Gasteiger partial charge in [0.05, 0.1) is 0 Å². The molecule has 0 aromatic heterocycles. The van der Waals surface area contributed by atoms with Crippen molar-refractivity contribution in [3.8, 4) is 17.2 Å². The zero-order chi connectivity index (χ0) is 21.9. The molecule has 0 aliphatic carbocycles. The monoisotopic (exact) mass is 534 g/mol. The maximum atomic E-state index is 10.9. The van der Waals surface area contributed by atoms with Crippen molar-refractivity contribution in [2.24, 2.45) is 0 Å². The molecule has 3 N–H and O–H groups in total. The number of rotatable bonds is 8. The molecule has 0 heterocycles. The Morgan fingerprint density at radius 2 is 0.938 bits per heavy atom. The van der Waals surface area contributed by atoms with E-state index in [0.29, 0.717) is 5.56 Å². The van der Waals surface area contributed by atoms with Crippen LogP contribution in [0.25, 0.3) is 12.2 Å². The first kappa shape index (κ1) is 35.2. The zero-order valence-corrected chi connectivity index (χ0v) is 25.7. The van der Waals surface area contributed by atoms with Crippen LogP contribution in [0.2, 0.25) is 0 Å². The van der Waals surface area contributed by atoms with Gasteiger partial charge < -0.3 is 42.9 Å². The molecule has 3 atom stereocenters.